The van der Waals surface area contributed by atoms with Gasteiger partial charge in [-0.3, -0.25) is 4.90 Å². The number of likely N-dealkylation sites (tertiary alicyclic amines) is 1. The van der Waals surface area contributed by atoms with Crippen LogP contribution in [0.25, 0.3) is 5.70 Å². The number of carbonyl (C=O) groups is 1. The SMILES string of the molecule is C=C(c1ccnc(C(=O)OC)c1)N1CC[C@@H](N2Cc3cnc(Nc4cc(C)cc(C)c4)nc3C2)C[C@H]1C. The molecule has 0 spiro atoms. The maximum atomic E-state index is 11.9. The number of esters is 1. The second-order valence-electron chi connectivity index (χ2n) is 10.2. The molecule has 0 amide bonds. The minimum absolute atomic E-state index is 0.297. The van der Waals surface area contributed by atoms with Crippen molar-refractivity contribution >= 4 is 23.3 Å². The third kappa shape index (κ3) is 5.34. The summed E-state index contributed by atoms with van der Waals surface area (Å²) in [6.07, 6.45) is 5.67. The number of piperidine rings is 1. The summed E-state index contributed by atoms with van der Waals surface area (Å²) in [7, 11) is 1.36. The van der Waals surface area contributed by atoms with Gasteiger partial charge in [-0.2, -0.15) is 0 Å². The molecule has 4 heterocycles. The predicted octanol–water partition coefficient (Wildman–Crippen LogP) is 4.86. The Morgan fingerprint density at radius 1 is 1.14 bits per heavy atom. The third-order valence-corrected chi connectivity index (χ3v) is 7.36. The molecule has 0 aliphatic carbocycles. The molecule has 1 N–H and O–H groups in total. The van der Waals surface area contributed by atoms with Gasteiger partial charge in [0.1, 0.15) is 5.69 Å². The minimum atomic E-state index is -0.439. The molecule has 0 unspecified atom stereocenters. The number of aromatic nitrogens is 3. The Hall–Kier alpha value is -3.78. The van der Waals surface area contributed by atoms with Crippen LogP contribution in [0, 0.1) is 13.8 Å². The molecule has 2 atom stereocenters. The van der Waals surface area contributed by atoms with Gasteiger partial charge in [0.25, 0.3) is 0 Å². The van der Waals surface area contributed by atoms with Gasteiger partial charge >= 0.3 is 5.97 Å². The summed E-state index contributed by atoms with van der Waals surface area (Å²) in [6.45, 7) is 13.4. The maximum Gasteiger partial charge on any atom is 0.356 e. The zero-order chi connectivity index (χ0) is 26.1. The minimum Gasteiger partial charge on any atom is -0.464 e. The molecule has 192 valence electrons. The molecule has 3 aromatic rings. The Balaban J connectivity index is 1.22. The Kier molecular flexibility index (Phi) is 6.93. The molecule has 1 saturated heterocycles. The summed E-state index contributed by atoms with van der Waals surface area (Å²) in [5.41, 5.74) is 7.86. The second kappa shape index (κ2) is 10.3. The zero-order valence-corrected chi connectivity index (χ0v) is 22.0. The lowest BCUT2D eigenvalue weighted by molar-refractivity contribution is 0.0594. The fourth-order valence-corrected chi connectivity index (χ4v) is 5.54. The first-order valence-electron chi connectivity index (χ1n) is 12.7. The molecule has 8 heteroatoms. The van der Waals surface area contributed by atoms with Crippen molar-refractivity contribution in [3.05, 3.63) is 82.9 Å². The van der Waals surface area contributed by atoms with Crippen LogP contribution < -0.4 is 5.32 Å². The maximum absolute atomic E-state index is 11.9. The molecule has 37 heavy (non-hydrogen) atoms. The van der Waals surface area contributed by atoms with Crippen molar-refractivity contribution in [2.75, 3.05) is 19.0 Å². The van der Waals surface area contributed by atoms with Gasteiger partial charge in [-0.25, -0.2) is 19.7 Å². The van der Waals surface area contributed by atoms with Crippen molar-refractivity contribution in [2.24, 2.45) is 0 Å². The summed E-state index contributed by atoms with van der Waals surface area (Å²) in [5.74, 6) is 0.208. The van der Waals surface area contributed by atoms with Crippen molar-refractivity contribution < 1.29 is 9.53 Å². The lowest BCUT2D eigenvalue weighted by Crippen LogP contribution is -2.46. The molecule has 2 aromatic heterocycles. The summed E-state index contributed by atoms with van der Waals surface area (Å²) >= 11 is 0. The summed E-state index contributed by atoms with van der Waals surface area (Å²) in [6, 6.07) is 10.8. The third-order valence-electron chi connectivity index (χ3n) is 7.36. The topological polar surface area (TPSA) is 83.5 Å². The number of nitrogens with zero attached hydrogens (tertiary/aromatic N) is 5. The van der Waals surface area contributed by atoms with E-state index in [1.54, 1.807) is 12.3 Å². The van der Waals surface area contributed by atoms with E-state index < -0.39 is 5.97 Å². The Labute approximate surface area is 218 Å². The van der Waals surface area contributed by atoms with Gasteiger partial charge in [0, 0.05) is 66.6 Å². The lowest BCUT2D eigenvalue weighted by Gasteiger charge is -2.43. The van der Waals surface area contributed by atoms with Gasteiger partial charge in [0.05, 0.1) is 12.8 Å². The predicted molar refractivity (Wildman–Crippen MR) is 144 cm³/mol. The van der Waals surface area contributed by atoms with Crippen molar-refractivity contribution in [1.82, 2.24) is 24.8 Å². The summed E-state index contributed by atoms with van der Waals surface area (Å²) in [4.78, 5) is 30.3. The number of ether oxygens (including phenoxy) is 1. The quantitative estimate of drug-likeness (QED) is 0.483. The van der Waals surface area contributed by atoms with Crippen LogP contribution in [0.2, 0.25) is 0 Å². The number of methoxy groups -OCH3 is 1. The van der Waals surface area contributed by atoms with Crippen LogP contribution in [-0.4, -0.2) is 56.5 Å². The number of carbonyl (C=O) groups excluding carboxylic acids is 1. The van der Waals surface area contributed by atoms with E-state index in [4.69, 9.17) is 9.72 Å². The van der Waals surface area contributed by atoms with E-state index in [-0.39, 0.29) is 0 Å². The average Bonchev–Trinajstić information content (AvgIpc) is 3.31. The number of fused-ring (bicyclic) bond motifs is 1. The summed E-state index contributed by atoms with van der Waals surface area (Å²) < 4.78 is 4.82. The first kappa shape index (κ1) is 24.9. The van der Waals surface area contributed by atoms with Crippen LogP contribution >= 0.6 is 0 Å². The number of rotatable bonds is 6. The van der Waals surface area contributed by atoms with Gasteiger partial charge in [0.2, 0.25) is 5.95 Å². The summed E-state index contributed by atoms with van der Waals surface area (Å²) in [5, 5.41) is 3.37. The van der Waals surface area contributed by atoms with Crippen molar-refractivity contribution in [3.63, 3.8) is 0 Å². The molecule has 0 radical (unpaired) electrons. The van der Waals surface area contributed by atoms with Crippen LogP contribution in [-0.2, 0) is 17.8 Å². The second-order valence-corrected chi connectivity index (χ2v) is 10.2. The Morgan fingerprint density at radius 2 is 1.92 bits per heavy atom. The van der Waals surface area contributed by atoms with Gasteiger partial charge in [-0.1, -0.05) is 12.6 Å². The Bertz CT molecular complexity index is 1320. The van der Waals surface area contributed by atoms with Crippen LogP contribution in [0.4, 0.5) is 11.6 Å². The van der Waals surface area contributed by atoms with E-state index in [0.717, 1.165) is 55.1 Å². The zero-order valence-electron chi connectivity index (χ0n) is 22.0. The van der Waals surface area contributed by atoms with E-state index >= 15 is 0 Å². The fourth-order valence-electron chi connectivity index (χ4n) is 5.54. The van der Waals surface area contributed by atoms with Crippen molar-refractivity contribution in [3.8, 4) is 0 Å². The van der Waals surface area contributed by atoms with Gasteiger partial charge in [-0.05, 0) is 69.0 Å². The molecule has 1 aromatic carbocycles. The van der Waals surface area contributed by atoms with Crippen molar-refractivity contribution in [2.45, 2.75) is 58.8 Å². The first-order valence-corrected chi connectivity index (χ1v) is 12.7. The van der Waals surface area contributed by atoms with Gasteiger partial charge < -0.3 is 15.0 Å². The number of aryl methyl sites for hydroxylation is 2. The number of hydrogen-bond acceptors (Lipinski definition) is 8. The molecule has 5 rings (SSSR count). The number of hydrogen-bond donors (Lipinski definition) is 1. The van der Waals surface area contributed by atoms with Crippen LogP contribution in [0.3, 0.4) is 0 Å². The van der Waals surface area contributed by atoms with Gasteiger partial charge in [0.15, 0.2) is 0 Å². The Morgan fingerprint density at radius 3 is 2.65 bits per heavy atom. The molecular formula is C29H34N6O2. The van der Waals surface area contributed by atoms with E-state index in [1.807, 2.05) is 12.3 Å². The van der Waals surface area contributed by atoms with E-state index in [2.05, 4.69) is 70.6 Å². The average molecular weight is 499 g/mol. The highest BCUT2D eigenvalue weighted by Crippen LogP contribution is 2.33. The number of anilines is 2. The molecule has 8 nitrogen and oxygen atoms in total. The van der Waals surface area contributed by atoms with Crippen molar-refractivity contribution in [1.29, 1.82) is 0 Å². The highest BCUT2D eigenvalue weighted by atomic mass is 16.5. The number of pyridine rings is 1. The highest BCUT2D eigenvalue weighted by molar-refractivity contribution is 5.88. The molecular weight excluding hydrogens is 464 g/mol. The molecule has 0 bridgehead atoms. The number of nitrogens with one attached hydrogen (secondary N) is 1. The van der Waals surface area contributed by atoms with E-state index in [0.29, 0.717) is 23.7 Å². The largest absolute Gasteiger partial charge is 0.464 e. The van der Waals surface area contributed by atoms with Crippen LogP contribution in [0.1, 0.15) is 58.2 Å². The molecule has 1 fully saturated rings. The normalized spacial score (nSPS) is 19.4. The fraction of sp³-hybridized carbons (Fsp3) is 0.379. The van der Waals surface area contributed by atoms with Crippen LogP contribution in [0.15, 0.2) is 49.3 Å². The molecule has 2 aliphatic rings. The van der Waals surface area contributed by atoms with E-state index in [1.165, 1.54) is 23.8 Å². The highest BCUT2D eigenvalue weighted by Gasteiger charge is 2.33. The first-order chi connectivity index (χ1) is 17.8. The molecule has 0 saturated carbocycles. The monoisotopic (exact) mass is 498 g/mol. The van der Waals surface area contributed by atoms with Gasteiger partial charge in [-0.15, -0.1) is 0 Å². The lowest BCUT2D eigenvalue weighted by atomic mass is 9.95. The number of benzene rings is 1. The van der Waals surface area contributed by atoms with E-state index in [9.17, 15) is 4.79 Å². The standard InChI is InChI=1S/C29H34N6O2/c1-18-10-19(2)12-24(11-18)32-29-31-15-23-16-34(17-27(23)33-29)25-7-9-35(20(3)13-25)21(4)22-6-8-30-26(14-22)28(36)37-5/h6,8,10-12,14-15,20,25H,4,7,9,13,16-17H2,1-3,5H3,(H,31,32,33)/t20-,25-/m1/s1. The van der Waals surface area contributed by atoms with Crippen LogP contribution in [0.5, 0.6) is 0 Å². The smallest absolute Gasteiger partial charge is 0.356 e. The molecule has 2 aliphatic heterocycles.